The number of hydrogen-bond acceptors (Lipinski definition) is 3. The number of nitrogens with one attached hydrogen (secondary N) is 1. The molecule has 0 spiro atoms. The predicted octanol–water partition coefficient (Wildman–Crippen LogP) is 4.49. The summed E-state index contributed by atoms with van der Waals surface area (Å²) >= 11 is 11.7. The number of carbonyl (C=O) groups is 2. The van der Waals surface area contributed by atoms with Gasteiger partial charge in [0, 0.05) is 15.7 Å². The molecular weight excluding hydrogens is 337 g/mol. The van der Waals surface area contributed by atoms with Crippen LogP contribution in [0.3, 0.4) is 0 Å². The summed E-state index contributed by atoms with van der Waals surface area (Å²) in [6.45, 7) is 3.41. The highest BCUT2D eigenvalue weighted by molar-refractivity contribution is 6.35. The first-order valence-electron chi connectivity index (χ1n) is 6.90. The fraction of sp³-hybridized carbons (Fsp3) is 0.176. The molecule has 2 aromatic carbocycles. The molecule has 0 unspecified atom stereocenters. The summed E-state index contributed by atoms with van der Waals surface area (Å²) in [4.78, 5) is 24.1. The minimum Gasteiger partial charge on any atom is -0.449 e. The Bertz CT molecular complexity index is 726. The molecule has 1 atom stereocenters. The second-order valence-corrected chi connectivity index (χ2v) is 5.94. The van der Waals surface area contributed by atoms with Crippen LogP contribution in [0.4, 0.5) is 5.69 Å². The largest absolute Gasteiger partial charge is 0.449 e. The van der Waals surface area contributed by atoms with Crippen LogP contribution in [0.25, 0.3) is 0 Å². The lowest BCUT2D eigenvalue weighted by Gasteiger charge is -2.14. The van der Waals surface area contributed by atoms with Crippen LogP contribution in [-0.4, -0.2) is 18.0 Å². The average Bonchev–Trinajstić information content (AvgIpc) is 2.46. The SMILES string of the molecule is Cc1cccc(NC(=O)[C@@H](C)OC(=O)c2cc(Cl)cc(Cl)c2)c1. The van der Waals surface area contributed by atoms with Gasteiger partial charge < -0.3 is 10.1 Å². The second-order valence-electron chi connectivity index (χ2n) is 5.06. The summed E-state index contributed by atoms with van der Waals surface area (Å²) in [5.74, 6) is -1.08. The highest BCUT2D eigenvalue weighted by Gasteiger charge is 2.19. The number of anilines is 1. The number of carbonyl (C=O) groups excluding carboxylic acids is 2. The number of hydrogen-bond donors (Lipinski definition) is 1. The Labute approximate surface area is 144 Å². The Morgan fingerprint density at radius 1 is 1.09 bits per heavy atom. The van der Waals surface area contributed by atoms with E-state index in [9.17, 15) is 9.59 Å². The van der Waals surface area contributed by atoms with Gasteiger partial charge in [-0.3, -0.25) is 4.79 Å². The van der Waals surface area contributed by atoms with Crippen molar-refractivity contribution in [3.63, 3.8) is 0 Å². The van der Waals surface area contributed by atoms with E-state index in [4.69, 9.17) is 27.9 Å². The maximum atomic E-state index is 12.1. The smallest absolute Gasteiger partial charge is 0.339 e. The van der Waals surface area contributed by atoms with Crippen molar-refractivity contribution in [3.05, 3.63) is 63.6 Å². The van der Waals surface area contributed by atoms with E-state index in [0.29, 0.717) is 15.7 Å². The topological polar surface area (TPSA) is 55.4 Å². The van der Waals surface area contributed by atoms with E-state index in [2.05, 4.69) is 5.32 Å². The highest BCUT2D eigenvalue weighted by Crippen LogP contribution is 2.20. The van der Waals surface area contributed by atoms with Gasteiger partial charge in [0.05, 0.1) is 5.56 Å². The lowest BCUT2D eigenvalue weighted by molar-refractivity contribution is -0.123. The lowest BCUT2D eigenvalue weighted by atomic mass is 10.2. The van der Waals surface area contributed by atoms with Gasteiger partial charge in [-0.15, -0.1) is 0 Å². The van der Waals surface area contributed by atoms with Crippen molar-refractivity contribution in [1.82, 2.24) is 0 Å². The van der Waals surface area contributed by atoms with Crippen LogP contribution >= 0.6 is 23.2 Å². The van der Waals surface area contributed by atoms with E-state index in [0.717, 1.165) is 5.56 Å². The second kappa shape index (κ2) is 7.49. The number of esters is 1. The fourth-order valence-corrected chi connectivity index (χ4v) is 2.45. The first-order valence-corrected chi connectivity index (χ1v) is 7.65. The maximum absolute atomic E-state index is 12.1. The average molecular weight is 352 g/mol. The van der Waals surface area contributed by atoms with Crippen LogP contribution in [0.2, 0.25) is 10.0 Å². The molecule has 120 valence electrons. The Hall–Kier alpha value is -2.04. The minimum atomic E-state index is -0.958. The van der Waals surface area contributed by atoms with Gasteiger partial charge in [0.15, 0.2) is 6.10 Å². The summed E-state index contributed by atoms with van der Waals surface area (Å²) < 4.78 is 5.14. The van der Waals surface area contributed by atoms with Crippen LogP contribution in [0.15, 0.2) is 42.5 Å². The Morgan fingerprint density at radius 2 is 1.74 bits per heavy atom. The minimum absolute atomic E-state index is 0.192. The first kappa shape index (κ1) is 17.3. The van der Waals surface area contributed by atoms with Crippen molar-refractivity contribution in [2.75, 3.05) is 5.32 Å². The molecule has 1 amide bonds. The summed E-state index contributed by atoms with van der Waals surface area (Å²) in [5.41, 5.74) is 1.85. The highest BCUT2D eigenvalue weighted by atomic mass is 35.5. The van der Waals surface area contributed by atoms with Gasteiger partial charge in [0.1, 0.15) is 0 Å². The number of rotatable bonds is 4. The van der Waals surface area contributed by atoms with Gasteiger partial charge >= 0.3 is 5.97 Å². The van der Waals surface area contributed by atoms with E-state index in [1.807, 2.05) is 25.1 Å². The first-order chi connectivity index (χ1) is 10.8. The van der Waals surface area contributed by atoms with E-state index in [-0.39, 0.29) is 5.56 Å². The van der Waals surface area contributed by atoms with Crippen LogP contribution in [0.5, 0.6) is 0 Å². The Morgan fingerprint density at radius 3 is 2.35 bits per heavy atom. The standard InChI is InChI=1S/C17H15Cl2NO3/c1-10-4-3-5-15(6-10)20-16(21)11(2)23-17(22)12-7-13(18)9-14(19)8-12/h3-9,11H,1-2H3,(H,20,21)/t11-/m1/s1. The van der Waals surface area contributed by atoms with Crippen molar-refractivity contribution in [1.29, 1.82) is 0 Å². The Kier molecular flexibility index (Phi) is 5.64. The number of ether oxygens (including phenoxy) is 1. The van der Waals surface area contributed by atoms with Crippen LogP contribution in [0.1, 0.15) is 22.8 Å². The summed E-state index contributed by atoms with van der Waals surface area (Å²) in [7, 11) is 0. The molecule has 0 radical (unpaired) electrons. The molecular formula is C17H15Cl2NO3. The van der Waals surface area contributed by atoms with Crippen molar-refractivity contribution in [2.45, 2.75) is 20.0 Å². The third kappa shape index (κ3) is 4.98. The number of aryl methyl sites for hydroxylation is 1. The Balaban J connectivity index is 2.01. The normalized spacial score (nSPS) is 11.7. The predicted molar refractivity (Wildman–Crippen MR) is 91.1 cm³/mol. The van der Waals surface area contributed by atoms with E-state index in [1.165, 1.54) is 25.1 Å². The molecule has 4 nitrogen and oxygen atoms in total. The third-order valence-electron chi connectivity index (χ3n) is 3.04. The molecule has 1 N–H and O–H groups in total. The number of halogens is 2. The summed E-state index contributed by atoms with van der Waals surface area (Å²) in [6.07, 6.45) is -0.958. The molecule has 0 saturated heterocycles. The van der Waals surface area contributed by atoms with Gasteiger partial charge in [-0.25, -0.2) is 4.79 Å². The molecule has 2 aromatic rings. The monoisotopic (exact) mass is 351 g/mol. The quantitative estimate of drug-likeness (QED) is 0.825. The zero-order valence-electron chi connectivity index (χ0n) is 12.6. The van der Waals surface area contributed by atoms with Gasteiger partial charge in [-0.2, -0.15) is 0 Å². The van der Waals surface area contributed by atoms with Gasteiger partial charge in [-0.1, -0.05) is 35.3 Å². The van der Waals surface area contributed by atoms with E-state index < -0.39 is 18.0 Å². The van der Waals surface area contributed by atoms with Crippen LogP contribution < -0.4 is 5.32 Å². The molecule has 0 aromatic heterocycles. The molecule has 6 heteroatoms. The van der Waals surface area contributed by atoms with Crippen molar-refractivity contribution < 1.29 is 14.3 Å². The number of amides is 1. The lowest BCUT2D eigenvalue weighted by Crippen LogP contribution is -2.30. The van der Waals surface area contributed by atoms with Crippen molar-refractivity contribution in [2.24, 2.45) is 0 Å². The number of benzene rings is 2. The summed E-state index contributed by atoms with van der Waals surface area (Å²) in [6, 6.07) is 11.7. The molecule has 0 aliphatic rings. The zero-order valence-corrected chi connectivity index (χ0v) is 14.1. The van der Waals surface area contributed by atoms with Crippen molar-refractivity contribution >= 4 is 40.8 Å². The zero-order chi connectivity index (χ0) is 17.0. The van der Waals surface area contributed by atoms with Gasteiger partial charge in [0.25, 0.3) is 5.91 Å². The molecule has 0 saturated carbocycles. The molecule has 2 rings (SSSR count). The maximum Gasteiger partial charge on any atom is 0.339 e. The van der Waals surface area contributed by atoms with Crippen LogP contribution in [-0.2, 0) is 9.53 Å². The fourth-order valence-electron chi connectivity index (χ4n) is 1.92. The molecule has 0 fully saturated rings. The molecule has 0 bridgehead atoms. The summed E-state index contributed by atoms with van der Waals surface area (Å²) in [5, 5.41) is 3.34. The van der Waals surface area contributed by atoms with Crippen molar-refractivity contribution in [3.8, 4) is 0 Å². The van der Waals surface area contributed by atoms with E-state index in [1.54, 1.807) is 6.07 Å². The molecule has 0 heterocycles. The van der Waals surface area contributed by atoms with Gasteiger partial charge in [-0.05, 0) is 49.7 Å². The molecule has 23 heavy (non-hydrogen) atoms. The van der Waals surface area contributed by atoms with E-state index >= 15 is 0 Å². The molecule has 0 aliphatic carbocycles. The molecule has 0 aliphatic heterocycles. The van der Waals surface area contributed by atoms with Crippen LogP contribution in [0, 0.1) is 6.92 Å². The third-order valence-corrected chi connectivity index (χ3v) is 3.47. The van der Waals surface area contributed by atoms with Gasteiger partial charge in [0.2, 0.25) is 0 Å².